The Labute approximate surface area is 220 Å². The Morgan fingerprint density at radius 3 is 2.21 bits per heavy atom. The minimum absolute atomic E-state index is 0.0217. The number of nitrogens with one attached hydrogen (secondary N) is 1. The molecule has 0 saturated carbocycles. The van der Waals surface area contributed by atoms with E-state index in [-0.39, 0.29) is 48.6 Å². The summed E-state index contributed by atoms with van der Waals surface area (Å²) in [4.78, 5) is 20.1. The zero-order chi connectivity index (χ0) is 28.4. The van der Waals surface area contributed by atoms with Crippen LogP contribution >= 0.6 is 0 Å². The number of rotatable bonds is 8. The van der Waals surface area contributed by atoms with Crippen LogP contribution in [0, 0.1) is 5.82 Å². The summed E-state index contributed by atoms with van der Waals surface area (Å²) in [6.07, 6.45) is -5.88. The van der Waals surface area contributed by atoms with Crippen LogP contribution in [0.1, 0.15) is 12.6 Å². The lowest BCUT2D eigenvalue weighted by atomic mass is 10.3. The van der Waals surface area contributed by atoms with Crippen molar-refractivity contribution in [2.24, 2.45) is 0 Å². The van der Waals surface area contributed by atoms with E-state index in [1.807, 2.05) is 0 Å². The molecule has 10 nitrogen and oxygen atoms in total. The van der Waals surface area contributed by atoms with Gasteiger partial charge in [0.1, 0.15) is 17.4 Å². The summed E-state index contributed by atoms with van der Waals surface area (Å²) in [5.74, 6) is -1.90. The Hall–Kier alpha value is -3.98. The molecule has 1 aromatic heterocycles. The standard InChI is InChI=1S/C24H23F4N5O5S/c1-15(22(34)35)38-18-6-8-19(9-7-18)39(36,37)33-12-10-32(11-13-33)23-30-20(24(26,27)28)14-21(31-23)29-17-4-2-16(25)3-5-17/h2-9,14-15H,10-13H2,1H3,(H,34,35)(H,29,30,31). The Kier molecular flexibility index (Phi) is 7.92. The predicted octanol–water partition coefficient (Wildman–Crippen LogP) is 3.74. The molecule has 15 heteroatoms. The molecule has 208 valence electrons. The molecule has 39 heavy (non-hydrogen) atoms. The van der Waals surface area contributed by atoms with Crippen LogP contribution in [0.4, 0.5) is 35.0 Å². The van der Waals surface area contributed by atoms with Gasteiger partial charge in [0, 0.05) is 37.9 Å². The first-order valence-electron chi connectivity index (χ1n) is 11.6. The Morgan fingerprint density at radius 1 is 1.03 bits per heavy atom. The van der Waals surface area contributed by atoms with Crippen LogP contribution in [0.5, 0.6) is 5.75 Å². The van der Waals surface area contributed by atoms with Crippen LogP contribution in [0.3, 0.4) is 0 Å². The van der Waals surface area contributed by atoms with Gasteiger partial charge in [0.25, 0.3) is 0 Å². The number of sulfonamides is 1. The van der Waals surface area contributed by atoms with Crippen molar-refractivity contribution in [1.29, 1.82) is 0 Å². The van der Waals surface area contributed by atoms with E-state index in [0.29, 0.717) is 5.69 Å². The van der Waals surface area contributed by atoms with Gasteiger partial charge in [0.2, 0.25) is 16.0 Å². The molecule has 1 fully saturated rings. The number of aliphatic carboxylic acids is 1. The first kappa shape index (κ1) is 28.0. The normalized spacial score (nSPS) is 15.6. The van der Waals surface area contributed by atoms with Crippen molar-refractivity contribution in [1.82, 2.24) is 14.3 Å². The van der Waals surface area contributed by atoms with Gasteiger partial charge in [-0.2, -0.15) is 22.5 Å². The quantitative estimate of drug-likeness (QED) is 0.391. The second-order valence-electron chi connectivity index (χ2n) is 8.53. The third-order valence-corrected chi connectivity index (χ3v) is 7.68. The third kappa shape index (κ3) is 6.72. The van der Waals surface area contributed by atoms with Crippen LogP contribution in [-0.4, -0.2) is 66.0 Å². The molecule has 1 saturated heterocycles. The Bertz CT molecular complexity index is 1430. The number of aromatic nitrogens is 2. The number of piperazine rings is 1. The minimum atomic E-state index is -4.76. The van der Waals surface area contributed by atoms with E-state index in [0.717, 1.165) is 18.2 Å². The number of carbonyl (C=O) groups is 1. The third-order valence-electron chi connectivity index (χ3n) is 5.77. The molecule has 2 aromatic carbocycles. The van der Waals surface area contributed by atoms with Gasteiger partial charge in [-0.3, -0.25) is 0 Å². The zero-order valence-corrected chi connectivity index (χ0v) is 21.2. The van der Waals surface area contributed by atoms with Gasteiger partial charge in [-0.05, 0) is 55.5 Å². The number of halogens is 4. The lowest BCUT2D eigenvalue weighted by molar-refractivity contribution is -0.144. The van der Waals surface area contributed by atoms with Gasteiger partial charge >= 0.3 is 12.1 Å². The molecule has 0 amide bonds. The lowest BCUT2D eigenvalue weighted by Gasteiger charge is -2.34. The van der Waals surface area contributed by atoms with E-state index in [2.05, 4.69) is 15.3 Å². The van der Waals surface area contributed by atoms with Gasteiger partial charge in [-0.15, -0.1) is 0 Å². The highest BCUT2D eigenvalue weighted by atomic mass is 32.2. The topological polar surface area (TPSA) is 125 Å². The van der Waals surface area contributed by atoms with E-state index >= 15 is 0 Å². The van der Waals surface area contributed by atoms with Crippen LogP contribution in [0.2, 0.25) is 0 Å². The highest BCUT2D eigenvalue weighted by Crippen LogP contribution is 2.32. The summed E-state index contributed by atoms with van der Waals surface area (Å²) in [7, 11) is -3.94. The average molecular weight is 570 g/mol. The van der Waals surface area contributed by atoms with Crippen molar-refractivity contribution in [2.45, 2.75) is 24.1 Å². The Balaban J connectivity index is 1.48. The maximum absolute atomic E-state index is 13.5. The van der Waals surface area contributed by atoms with Crippen LogP contribution in [-0.2, 0) is 21.0 Å². The van der Waals surface area contributed by atoms with Crippen molar-refractivity contribution < 1.29 is 40.6 Å². The van der Waals surface area contributed by atoms with Crippen molar-refractivity contribution in [3.05, 3.63) is 66.1 Å². The van der Waals surface area contributed by atoms with Gasteiger partial charge in [-0.1, -0.05) is 0 Å². The van der Waals surface area contributed by atoms with E-state index in [9.17, 15) is 30.8 Å². The average Bonchev–Trinajstić information content (AvgIpc) is 2.89. The number of hydrogen-bond acceptors (Lipinski definition) is 8. The second-order valence-corrected chi connectivity index (χ2v) is 10.5. The largest absolute Gasteiger partial charge is 0.479 e. The number of carboxylic acids is 1. The van der Waals surface area contributed by atoms with Gasteiger partial charge < -0.3 is 20.1 Å². The summed E-state index contributed by atoms with van der Waals surface area (Å²) in [5, 5.41) is 11.6. The first-order chi connectivity index (χ1) is 18.3. The number of hydrogen-bond donors (Lipinski definition) is 2. The van der Waals surface area contributed by atoms with Gasteiger partial charge in [-0.25, -0.2) is 22.6 Å². The fourth-order valence-electron chi connectivity index (χ4n) is 3.69. The molecular weight excluding hydrogens is 546 g/mol. The predicted molar refractivity (Wildman–Crippen MR) is 132 cm³/mol. The molecule has 1 atom stereocenters. The Morgan fingerprint density at radius 2 is 1.64 bits per heavy atom. The molecule has 0 bridgehead atoms. The highest BCUT2D eigenvalue weighted by molar-refractivity contribution is 7.89. The number of alkyl halides is 3. The molecule has 1 aliphatic heterocycles. The molecule has 0 spiro atoms. The summed E-state index contributed by atoms with van der Waals surface area (Å²) >= 11 is 0. The van der Waals surface area contributed by atoms with Crippen LogP contribution in [0.25, 0.3) is 0 Å². The van der Waals surface area contributed by atoms with E-state index in [1.165, 1.54) is 52.5 Å². The van der Waals surface area contributed by atoms with Gasteiger partial charge in [0.05, 0.1) is 4.90 Å². The zero-order valence-electron chi connectivity index (χ0n) is 20.4. The summed E-state index contributed by atoms with van der Waals surface area (Å²) < 4.78 is 86.4. The number of nitrogens with zero attached hydrogens (tertiary/aromatic N) is 4. The van der Waals surface area contributed by atoms with Crippen molar-refractivity contribution in [3.8, 4) is 5.75 Å². The molecular formula is C24H23F4N5O5S. The van der Waals surface area contributed by atoms with Crippen LogP contribution < -0.4 is 15.0 Å². The molecule has 1 unspecified atom stereocenters. The molecule has 0 aliphatic carbocycles. The van der Waals surface area contributed by atoms with Crippen molar-refractivity contribution in [3.63, 3.8) is 0 Å². The summed E-state index contributed by atoms with van der Waals surface area (Å²) in [6.45, 7) is 1.29. The molecule has 2 N–H and O–H groups in total. The maximum atomic E-state index is 13.5. The molecule has 1 aliphatic rings. The summed E-state index contributed by atoms with van der Waals surface area (Å²) in [6, 6.07) is 11.0. The first-order valence-corrected chi connectivity index (χ1v) is 13.0. The summed E-state index contributed by atoms with van der Waals surface area (Å²) in [5.41, 5.74) is -0.870. The van der Waals surface area contributed by atoms with Crippen molar-refractivity contribution in [2.75, 3.05) is 36.4 Å². The fourth-order valence-corrected chi connectivity index (χ4v) is 5.11. The molecule has 3 aromatic rings. The minimum Gasteiger partial charge on any atom is -0.479 e. The SMILES string of the molecule is CC(Oc1ccc(S(=O)(=O)N2CCN(c3nc(Nc4ccc(F)cc4)cc(C(F)(F)F)n3)CC2)cc1)C(=O)O. The number of carboxylic acid groups (broad SMARTS) is 1. The molecule has 2 heterocycles. The molecule has 4 rings (SSSR count). The van der Waals surface area contributed by atoms with Crippen LogP contribution in [0.15, 0.2) is 59.5 Å². The number of anilines is 3. The van der Waals surface area contributed by atoms with Crippen molar-refractivity contribution >= 4 is 33.4 Å². The molecule has 0 radical (unpaired) electrons. The lowest BCUT2D eigenvalue weighted by Crippen LogP contribution is -2.49. The van der Waals surface area contributed by atoms with E-state index in [4.69, 9.17) is 9.84 Å². The fraction of sp³-hybridized carbons (Fsp3) is 0.292. The number of benzene rings is 2. The van der Waals surface area contributed by atoms with E-state index < -0.39 is 39.8 Å². The monoisotopic (exact) mass is 569 g/mol. The van der Waals surface area contributed by atoms with Gasteiger partial charge in [0.15, 0.2) is 11.8 Å². The number of ether oxygens (including phenoxy) is 1. The smallest absolute Gasteiger partial charge is 0.433 e. The highest BCUT2D eigenvalue weighted by Gasteiger charge is 2.35. The van der Waals surface area contributed by atoms with E-state index in [1.54, 1.807) is 0 Å². The second kappa shape index (κ2) is 11.0. The maximum Gasteiger partial charge on any atom is 0.433 e.